The Labute approximate surface area is 488 Å². The lowest BCUT2D eigenvalue weighted by Crippen LogP contribution is -2.44. The summed E-state index contributed by atoms with van der Waals surface area (Å²) in [7, 11) is 5.93. The highest BCUT2D eigenvalue weighted by Gasteiger charge is 2.22. The molecule has 0 heterocycles. The van der Waals surface area contributed by atoms with Crippen LogP contribution in [0.25, 0.3) is 0 Å². The zero-order chi connectivity index (χ0) is 57.6. The van der Waals surface area contributed by atoms with Crippen LogP contribution in [0.15, 0.2) is 60.8 Å². The molecule has 0 saturated carbocycles. The maximum atomic E-state index is 12.9. The third-order valence-electron chi connectivity index (χ3n) is 14.8. The van der Waals surface area contributed by atoms with E-state index >= 15 is 0 Å². The van der Waals surface area contributed by atoms with E-state index in [1.54, 1.807) is 0 Å². The average Bonchev–Trinajstić information content (AvgIpc) is 3.42. The first-order valence-electron chi connectivity index (χ1n) is 33.4. The molecule has 0 N–H and O–H groups in total. The molecule has 9 heteroatoms. The Morgan fingerprint density at radius 3 is 1.08 bits per heavy atom. The number of quaternary nitrogens is 1. The van der Waals surface area contributed by atoms with Gasteiger partial charge in [-0.15, -0.1) is 0 Å². The van der Waals surface area contributed by atoms with Gasteiger partial charge >= 0.3 is 11.9 Å². The van der Waals surface area contributed by atoms with E-state index < -0.39 is 24.3 Å². The van der Waals surface area contributed by atoms with Crippen LogP contribution in [0.4, 0.5) is 0 Å². The van der Waals surface area contributed by atoms with E-state index in [1.807, 2.05) is 21.1 Å². The van der Waals surface area contributed by atoms with Crippen LogP contribution in [-0.2, 0) is 33.3 Å². The number of hydrogen-bond acceptors (Lipinski definition) is 8. The standard InChI is InChI=1S/C70H127NO8/c1-6-8-10-12-14-16-18-20-21-22-23-24-25-26-27-28-29-30-31-32-33-34-35-36-37-38-39-40-41-42-43-44-45-46-47-49-51-53-55-57-59-61-68(73)79-66(65-78-70(69(74)75)76-63-62-71(3,4)5)64-77-67(72)60-58-56-54-52-50-48-19-17-15-13-11-9-7-2/h8,10,14,16,20-21,23-24,26-27,66,70H,6-7,9,11-13,15,17-19,22,25,28-65H2,1-5H3/b10-8-,16-14-,21-20-,24-23-,27-26-. The van der Waals surface area contributed by atoms with Crippen LogP contribution in [-0.4, -0.2) is 82.3 Å². The molecule has 9 nitrogen and oxygen atoms in total. The van der Waals surface area contributed by atoms with Gasteiger partial charge in [0.2, 0.25) is 0 Å². The van der Waals surface area contributed by atoms with Gasteiger partial charge in [-0.25, -0.2) is 0 Å². The summed E-state index contributed by atoms with van der Waals surface area (Å²) >= 11 is 0. The number of ether oxygens (including phenoxy) is 4. The Kier molecular flexibility index (Phi) is 58.7. The second-order valence-electron chi connectivity index (χ2n) is 23.7. The molecule has 0 fully saturated rings. The number of unbranched alkanes of at least 4 members (excludes halogenated alkanes) is 37. The van der Waals surface area contributed by atoms with E-state index in [9.17, 15) is 19.5 Å². The Bertz CT molecular complexity index is 1480. The smallest absolute Gasteiger partial charge is 0.306 e. The Balaban J connectivity index is 3.90. The van der Waals surface area contributed by atoms with Crippen LogP contribution in [0.2, 0.25) is 0 Å². The number of carbonyl (C=O) groups is 3. The fourth-order valence-electron chi connectivity index (χ4n) is 9.68. The maximum absolute atomic E-state index is 12.9. The van der Waals surface area contributed by atoms with Crippen molar-refractivity contribution in [2.45, 2.75) is 322 Å². The molecular weight excluding hydrogens is 983 g/mol. The number of nitrogens with zero attached hydrogens (tertiary/aromatic N) is 1. The van der Waals surface area contributed by atoms with Crippen LogP contribution in [0, 0.1) is 0 Å². The van der Waals surface area contributed by atoms with Crippen molar-refractivity contribution >= 4 is 17.9 Å². The predicted molar refractivity (Wildman–Crippen MR) is 334 cm³/mol. The first-order chi connectivity index (χ1) is 38.6. The monoisotopic (exact) mass is 1110 g/mol. The van der Waals surface area contributed by atoms with Crippen molar-refractivity contribution in [1.29, 1.82) is 0 Å². The number of hydrogen-bond donors (Lipinski definition) is 0. The summed E-state index contributed by atoms with van der Waals surface area (Å²) in [6.07, 6.45) is 76.1. The summed E-state index contributed by atoms with van der Waals surface area (Å²) in [6, 6.07) is 0. The molecule has 460 valence electrons. The number of carbonyl (C=O) groups excluding carboxylic acids is 3. The molecule has 0 spiro atoms. The Morgan fingerprint density at radius 2 is 0.722 bits per heavy atom. The van der Waals surface area contributed by atoms with E-state index in [1.165, 1.54) is 212 Å². The number of allylic oxidation sites excluding steroid dienone is 10. The molecule has 0 amide bonds. The van der Waals surface area contributed by atoms with Crippen molar-refractivity contribution in [3.05, 3.63) is 60.8 Å². The number of esters is 2. The average molecular weight is 1110 g/mol. The minimum Gasteiger partial charge on any atom is -0.545 e. The quantitative estimate of drug-likeness (QED) is 0.0195. The van der Waals surface area contributed by atoms with Gasteiger partial charge in [-0.1, -0.05) is 299 Å². The zero-order valence-corrected chi connectivity index (χ0v) is 52.5. The van der Waals surface area contributed by atoms with Gasteiger partial charge in [0.15, 0.2) is 12.4 Å². The molecule has 0 aliphatic carbocycles. The van der Waals surface area contributed by atoms with Crippen LogP contribution < -0.4 is 5.11 Å². The van der Waals surface area contributed by atoms with Crippen LogP contribution in [0.5, 0.6) is 0 Å². The largest absolute Gasteiger partial charge is 0.545 e. The van der Waals surface area contributed by atoms with Gasteiger partial charge in [-0.2, -0.15) is 0 Å². The minimum atomic E-state index is -1.62. The van der Waals surface area contributed by atoms with Gasteiger partial charge in [-0.3, -0.25) is 9.59 Å². The highest BCUT2D eigenvalue weighted by atomic mass is 16.7. The third kappa shape index (κ3) is 62.4. The molecule has 2 atom stereocenters. The molecule has 0 aromatic carbocycles. The molecule has 0 rings (SSSR count). The minimum absolute atomic E-state index is 0.150. The van der Waals surface area contributed by atoms with Crippen LogP contribution in [0.3, 0.4) is 0 Å². The lowest BCUT2D eigenvalue weighted by atomic mass is 10.0. The second-order valence-corrected chi connectivity index (χ2v) is 23.7. The van der Waals surface area contributed by atoms with Crippen molar-refractivity contribution < 1.29 is 42.9 Å². The fraction of sp³-hybridized carbons (Fsp3) is 0.814. The fourth-order valence-corrected chi connectivity index (χ4v) is 9.68. The topological polar surface area (TPSA) is 111 Å². The molecule has 0 aliphatic rings. The normalized spacial score (nSPS) is 13.1. The molecule has 2 unspecified atom stereocenters. The molecule has 0 aliphatic heterocycles. The molecule has 79 heavy (non-hydrogen) atoms. The SMILES string of the molecule is CC/C=C\C/C=C\C/C=C\C/C=C\C/C=C\CCCCCCCCCCCCCCCCCCCCCCCCCCCC(=O)OC(COC(=O)CCCCCCCCCCCCCCC)COC(OCC[N+](C)(C)C)C(=O)[O-]. The number of rotatable bonds is 62. The van der Waals surface area contributed by atoms with Gasteiger partial charge in [0.25, 0.3) is 0 Å². The highest BCUT2D eigenvalue weighted by molar-refractivity contribution is 5.70. The van der Waals surface area contributed by atoms with Crippen molar-refractivity contribution in [1.82, 2.24) is 0 Å². The second kappa shape index (κ2) is 61.1. The van der Waals surface area contributed by atoms with E-state index in [2.05, 4.69) is 74.6 Å². The van der Waals surface area contributed by atoms with Gasteiger partial charge in [-0.05, 0) is 57.8 Å². The number of aliphatic carboxylic acids is 1. The zero-order valence-electron chi connectivity index (χ0n) is 52.5. The summed E-state index contributed by atoms with van der Waals surface area (Å²) in [6.45, 7) is 4.67. The molecule has 0 bridgehead atoms. The summed E-state index contributed by atoms with van der Waals surface area (Å²) in [5.74, 6) is -2.26. The summed E-state index contributed by atoms with van der Waals surface area (Å²) in [4.78, 5) is 37.3. The van der Waals surface area contributed by atoms with Crippen LogP contribution in [0.1, 0.15) is 309 Å². The van der Waals surface area contributed by atoms with Gasteiger partial charge in [0, 0.05) is 12.8 Å². The Morgan fingerprint density at radius 1 is 0.392 bits per heavy atom. The molecule has 0 saturated heterocycles. The first-order valence-corrected chi connectivity index (χ1v) is 33.4. The van der Waals surface area contributed by atoms with Crippen molar-refractivity contribution in [3.63, 3.8) is 0 Å². The lowest BCUT2D eigenvalue weighted by molar-refractivity contribution is -0.870. The summed E-state index contributed by atoms with van der Waals surface area (Å²) in [5.41, 5.74) is 0. The number of carboxylic acids is 1. The van der Waals surface area contributed by atoms with E-state index in [-0.39, 0.29) is 32.2 Å². The van der Waals surface area contributed by atoms with E-state index in [0.29, 0.717) is 17.4 Å². The predicted octanol–water partition coefficient (Wildman–Crippen LogP) is 19.0. The van der Waals surface area contributed by atoms with Crippen molar-refractivity contribution in [3.8, 4) is 0 Å². The van der Waals surface area contributed by atoms with Gasteiger partial charge < -0.3 is 33.3 Å². The van der Waals surface area contributed by atoms with Crippen LogP contribution >= 0.6 is 0 Å². The molecular formula is C70H127NO8. The van der Waals surface area contributed by atoms with Gasteiger partial charge in [0.05, 0.1) is 40.3 Å². The van der Waals surface area contributed by atoms with Crippen molar-refractivity contribution in [2.24, 2.45) is 0 Å². The summed E-state index contributed by atoms with van der Waals surface area (Å²) < 4.78 is 22.7. The van der Waals surface area contributed by atoms with E-state index in [0.717, 1.165) is 70.6 Å². The molecule has 0 aromatic heterocycles. The van der Waals surface area contributed by atoms with E-state index in [4.69, 9.17) is 18.9 Å². The number of carboxylic acid groups (broad SMARTS) is 1. The highest BCUT2D eigenvalue weighted by Crippen LogP contribution is 2.18. The lowest BCUT2D eigenvalue weighted by Gasteiger charge is -2.26. The summed E-state index contributed by atoms with van der Waals surface area (Å²) in [5, 5.41) is 11.8. The Hall–Kier alpha value is -3.01. The van der Waals surface area contributed by atoms with Gasteiger partial charge in [0.1, 0.15) is 13.2 Å². The number of likely N-dealkylation sites (N-methyl/N-ethyl adjacent to an activating group) is 1. The van der Waals surface area contributed by atoms with Crippen molar-refractivity contribution in [2.75, 3.05) is 47.5 Å². The maximum Gasteiger partial charge on any atom is 0.306 e. The first kappa shape index (κ1) is 76.0. The third-order valence-corrected chi connectivity index (χ3v) is 14.8. The molecule has 0 aromatic rings. The molecule has 0 radical (unpaired) electrons.